The first-order valence-electron chi connectivity index (χ1n) is 23.1. The number of aryl methyl sites for hydroxylation is 2. The van der Waals surface area contributed by atoms with Gasteiger partial charge in [-0.3, -0.25) is 10.2 Å². The Morgan fingerprint density at radius 1 is 0.914 bits per heavy atom. The fourth-order valence-corrected chi connectivity index (χ4v) is 9.38. The minimum Gasteiger partial charge on any atom is -0.879 e. The van der Waals surface area contributed by atoms with Gasteiger partial charge in [-0.15, -0.1) is 11.6 Å². The molecule has 13 heteroatoms. The first kappa shape index (κ1) is 52.7. The minimum atomic E-state index is -3.15. The number of rotatable bonds is 13. The Bertz CT molecular complexity index is 2700. The van der Waals surface area contributed by atoms with Crippen molar-refractivity contribution in [3.05, 3.63) is 207 Å². The Morgan fingerprint density at radius 2 is 1.47 bits per heavy atom. The molecule has 2 aliphatic heterocycles. The fourth-order valence-electron chi connectivity index (χ4n) is 9.38. The Labute approximate surface area is 421 Å². The van der Waals surface area contributed by atoms with Crippen LogP contribution < -0.4 is 40.2 Å². The van der Waals surface area contributed by atoms with E-state index in [1.54, 1.807) is 12.1 Å². The topological polar surface area (TPSA) is 166 Å². The third-order valence-corrected chi connectivity index (χ3v) is 12.8. The van der Waals surface area contributed by atoms with Gasteiger partial charge in [0.25, 0.3) is 17.7 Å². The summed E-state index contributed by atoms with van der Waals surface area (Å²) in [6.07, 6.45) is 1.26. The number of nitrogens with zero attached hydrogens (tertiary/aromatic N) is 3. The van der Waals surface area contributed by atoms with Gasteiger partial charge in [-0.05, 0) is 98.2 Å². The van der Waals surface area contributed by atoms with Crippen LogP contribution in [0.15, 0.2) is 133 Å². The number of anilines is 1. The molecule has 2 unspecified atom stereocenters. The quantitative estimate of drug-likeness (QED) is 0.0368. The van der Waals surface area contributed by atoms with Crippen molar-refractivity contribution in [3.63, 3.8) is 0 Å². The van der Waals surface area contributed by atoms with E-state index < -0.39 is 35.6 Å². The predicted molar refractivity (Wildman–Crippen MR) is 268 cm³/mol. The number of amidine groups is 1. The number of ether oxygens (including phenoxy) is 1. The molecule has 0 spiro atoms. The van der Waals surface area contributed by atoms with Crippen molar-refractivity contribution >= 4 is 35.1 Å². The Balaban J connectivity index is 0.000000333. The third-order valence-electron chi connectivity index (χ3n) is 12.8. The largest absolute Gasteiger partial charge is 1.00 e. The Morgan fingerprint density at radius 3 is 1.96 bits per heavy atom. The molecule has 2 aliphatic rings. The number of carbonyl (C=O) groups excluding carboxylic acids is 2. The van der Waals surface area contributed by atoms with Gasteiger partial charge >= 0.3 is 24.8 Å². The number of nitrogens with two attached hydrogens (primary N) is 2. The summed E-state index contributed by atoms with van der Waals surface area (Å²) in [4.78, 5) is 31.5. The molecular weight excluding hydrogens is 878 g/mol. The zero-order chi connectivity index (χ0) is 49.4. The number of aliphatic hydroxyl groups excluding tert-OH is 1. The van der Waals surface area contributed by atoms with Crippen molar-refractivity contribution in [3.8, 4) is 11.1 Å². The maximum absolute atomic E-state index is 14.1. The molecule has 3 heterocycles. The van der Waals surface area contributed by atoms with E-state index in [9.17, 15) is 28.9 Å². The number of piperidine rings is 1. The van der Waals surface area contributed by atoms with E-state index in [0.717, 1.165) is 47.5 Å². The van der Waals surface area contributed by atoms with E-state index in [2.05, 4.69) is 106 Å². The maximum Gasteiger partial charge on any atom is 1.00 e. The van der Waals surface area contributed by atoms with Gasteiger partial charge in [0.1, 0.15) is 11.8 Å². The number of amides is 2. The standard InChI is InChI=1S/C38H42F2N6O4.C19H15.Li/c1-20-15-26(34(47)36(43)48)16-21(2)32(20)24-8-9-27(22(3)19-41)29(18-24)46-13-12-25(17-23(46)4)37(49)45-35(42)28-10-11-31(38(5,39)40)44-33(28)30-7-6-14-50-30;1-4-10-16(11-5-1)19(17-12-6-2-7-13-17)18-14-8-3-9-15-18;/h3,8-11,15-16,18-19,23,25,30,34,47H,6-7,12-14,17H2,1-2,4-5H3,(H2,43,48)(H2,42,45,49);1-15H;/q-2;-1;+1/p+1/t23-,25-,30?,34?;;/m0../s1. The minimum absolute atomic E-state index is 0. The van der Waals surface area contributed by atoms with Crippen LogP contribution in [0.4, 0.5) is 14.5 Å². The maximum atomic E-state index is 14.1. The summed E-state index contributed by atoms with van der Waals surface area (Å²) in [5.41, 5.74) is 14.7. The van der Waals surface area contributed by atoms with Crippen molar-refractivity contribution in [2.24, 2.45) is 11.7 Å². The van der Waals surface area contributed by atoms with E-state index in [4.69, 9.17) is 22.5 Å². The molecular formula is C57H58F2LiN6O4-. The van der Waals surface area contributed by atoms with Crippen LogP contribution in [-0.4, -0.2) is 53.1 Å². The fraction of sp³-hybridized carbons (Fsp3) is 0.263. The Kier molecular flexibility index (Phi) is 17.5. The summed E-state index contributed by atoms with van der Waals surface area (Å²) < 4.78 is 34.0. The van der Waals surface area contributed by atoms with Crippen LogP contribution in [0, 0.1) is 32.3 Å². The van der Waals surface area contributed by atoms with Crippen LogP contribution in [0.3, 0.4) is 0 Å². The van der Waals surface area contributed by atoms with Gasteiger partial charge in [-0.2, -0.15) is 8.78 Å². The summed E-state index contributed by atoms with van der Waals surface area (Å²) in [6.45, 7) is 13.8. The van der Waals surface area contributed by atoms with Crippen LogP contribution in [-0.2, 0) is 20.2 Å². The van der Waals surface area contributed by atoms with E-state index >= 15 is 0 Å². The molecule has 0 bridgehead atoms. The van der Waals surface area contributed by atoms with Gasteiger partial charge in [0, 0.05) is 26.1 Å². The molecule has 1 aromatic heterocycles. The van der Waals surface area contributed by atoms with E-state index in [-0.39, 0.29) is 47.9 Å². The molecule has 70 heavy (non-hydrogen) atoms. The number of benzene rings is 5. The first-order valence-corrected chi connectivity index (χ1v) is 23.1. The molecule has 5 aromatic carbocycles. The molecule has 356 valence electrons. The number of carbonyl (C=O) groups is 2. The number of aliphatic hydroxyl groups is 1. The van der Waals surface area contributed by atoms with Crippen LogP contribution in [0.25, 0.3) is 22.1 Å². The summed E-state index contributed by atoms with van der Waals surface area (Å²) in [6, 6.07) is 43.4. The van der Waals surface area contributed by atoms with Crippen molar-refractivity contribution in [2.75, 3.05) is 18.1 Å². The summed E-state index contributed by atoms with van der Waals surface area (Å²) in [5, 5.41) is 29.3. The number of pyridine rings is 1. The number of nitrogens with one attached hydrogen (secondary N) is 1. The van der Waals surface area contributed by atoms with Crippen LogP contribution >= 0.6 is 0 Å². The van der Waals surface area contributed by atoms with E-state index in [0.29, 0.717) is 49.1 Å². The zero-order valence-corrected chi connectivity index (χ0v) is 40.3. The monoisotopic (exact) mass is 935 g/mol. The SMILES string of the molecule is [CH-]=C(C=[N-])c1ccc(-c2c(C)cc(C(O)C(N)=O)cc2C)cc1N1CC[C@H](C(=O)NC(=[NH2+])c2ccc(C(C)(F)F)nc2C2CCCO2)C[C@@H]1C.[Li+].c1ccc([C-](c2ccccc2)c2ccccc2)cc1. The molecule has 2 saturated heterocycles. The molecule has 0 radical (unpaired) electrons. The van der Waals surface area contributed by atoms with Gasteiger partial charge in [-0.1, -0.05) is 132 Å². The van der Waals surface area contributed by atoms with E-state index in [1.165, 1.54) is 34.7 Å². The summed E-state index contributed by atoms with van der Waals surface area (Å²) >= 11 is 0. The third kappa shape index (κ3) is 12.2. The van der Waals surface area contributed by atoms with Gasteiger partial charge in [0.15, 0.2) is 6.10 Å². The smallest absolute Gasteiger partial charge is 0.879 e. The van der Waals surface area contributed by atoms with Crippen LogP contribution in [0.1, 0.15) is 108 Å². The molecule has 2 fully saturated rings. The molecule has 4 atom stereocenters. The number of halogens is 2. The average molecular weight is 936 g/mol. The molecule has 8 rings (SSSR count). The first-order chi connectivity index (χ1) is 33.0. The molecule has 10 nitrogen and oxygen atoms in total. The normalized spacial score (nSPS) is 17.0. The molecule has 0 aliphatic carbocycles. The number of aromatic nitrogens is 1. The molecule has 6 N–H and O–H groups in total. The number of alkyl halides is 2. The Hall–Kier alpha value is -6.68. The summed E-state index contributed by atoms with van der Waals surface area (Å²) in [5.74, 6) is -3.36. The van der Waals surface area contributed by atoms with Crippen molar-refractivity contribution < 1.29 is 52.5 Å². The zero-order valence-electron chi connectivity index (χ0n) is 40.3. The van der Waals surface area contributed by atoms with Gasteiger partial charge in [0.2, 0.25) is 0 Å². The molecule has 6 aromatic rings. The summed E-state index contributed by atoms with van der Waals surface area (Å²) in [7, 11) is 0. The second-order valence-corrected chi connectivity index (χ2v) is 17.8. The second kappa shape index (κ2) is 23.3. The number of hydrogen-bond acceptors (Lipinski definition) is 6. The van der Waals surface area contributed by atoms with Crippen molar-refractivity contribution in [2.45, 2.75) is 77.6 Å². The average Bonchev–Trinajstić information content (AvgIpc) is 3.89. The van der Waals surface area contributed by atoms with E-state index in [1.807, 2.05) is 39.0 Å². The molecule has 2 amide bonds. The number of hydrogen-bond donors (Lipinski definition) is 4. The number of primary amides is 1. The second-order valence-electron chi connectivity index (χ2n) is 17.8. The van der Waals surface area contributed by atoms with Gasteiger partial charge in [-0.25, -0.2) is 27.2 Å². The predicted octanol–water partition coefficient (Wildman–Crippen LogP) is 5.94. The van der Waals surface area contributed by atoms with Crippen LogP contribution in [0.2, 0.25) is 0 Å². The van der Waals surface area contributed by atoms with Crippen molar-refractivity contribution in [1.82, 2.24) is 10.3 Å². The number of allylic oxidation sites excluding steroid dienone is 1. The molecule has 0 saturated carbocycles. The van der Waals surface area contributed by atoms with Gasteiger partial charge < -0.3 is 32.1 Å². The van der Waals surface area contributed by atoms with Gasteiger partial charge in [0.05, 0.1) is 17.2 Å². The van der Waals surface area contributed by atoms with Crippen LogP contribution in [0.5, 0.6) is 0 Å². The van der Waals surface area contributed by atoms with Crippen molar-refractivity contribution in [1.29, 1.82) is 0 Å².